The molecule has 0 heterocycles. The van der Waals surface area contributed by atoms with Crippen molar-refractivity contribution in [1.82, 2.24) is 0 Å². The van der Waals surface area contributed by atoms with Gasteiger partial charge >= 0.3 is 303 Å². The molecule has 0 aromatic rings. The molecule has 44 heavy (non-hydrogen) atoms. The molecule has 0 atom stereocenters. The van der Waals surface area contributed by atoms with Gasteiger partial charge in [-0.3, -0.25) is 0 Å². The van der Waals surface area contributed by atoms with Crippen molar-refractivity contribution >= 4 is 7.82 Å². The van der Waals surface area contributed by atoms with Crippen molar-refractivity contribution in [3.05, 3.63) is 0 Å². The Morgan fingerprint density at radius 2 is 0.432 bits per heavy atom. The van der Waals surface area contributed by atoms with Crippen LogP contribution in [0.5, 0.6) is 0 Å². The van der Waals surface area contributed by atoms with Crippen LogP contribution in [-0.2, 0) is 81.9 Å². The van der Waals surface area contributed by atoms with Crippen LogP contribution in [0.3, 0.4) is 0 Å². The van der Waals surface area contributed by atoms with Crippen molar-refractivity contribution in [2.75, 3.05) is 0 Å². The number of phosphoric acid groups is 1. The fourth-order valence-corrected chi connectivity index (χ4v) is 8.02. The van der Waals surface area contributed by atoms with Gasteiger partial charge in [-0.1, -0.05) is 0 Å². The fraction of sp³-hybridized carbons (Fsp3) is 1.00. The Bertz CT molecular complexity index is 405. The molecule has 0 aliphatic rings. The molecule has 0 saturated carbocycles. The van der Waals surface area contributed by atoms with Crippen LogP contribution in [0, 0.1) is 0 Å². The number of hydrogen-bond donors (Lipinski definition) is 0. The molecule has 0 unspecified atom stereocenters. The summed E-state index contributed by atoms with van der Waals surface area (Å²) >= 11 is 3.64. The van der Waals surface area contributed by atoms with E-state index < -0.39 is 7.82 Å². The van der Waals surface area contributed by atoms with Gasteiger partial charge in [-0.2, -0.15) is 7.82 Å². The molecule has 0 fully saturated rings. The number of unbranched alkanes of at least 4 members (excludes halogenated alkanes) is 27. The first-order chi connectivity index (χ1) is 21.2. The van der Waals surface area contributed by atoms with Gasteiger partial charge in [-0.05, 0) is 0 Å². The molecule has 0 bridgehead atoms. The summed E-state index contributed by atoms with van der Waals surface area (Å²) in [4.78, 5) is 25.6. The van der Waals surface area contributed by atoms with E-state index in [0.29, 0.717) is 0 Å². The molecule has 0 rings (SSSR count). The third-order valence-corrected chi connectivity index (χ3v) is 12.1. The number of rotatable bonds is 30. The monoisotopic (exact) mass is 944 g/mol. The van der Waals surface area contributed by atoms with Gasteiger partial charge < -0.3 is 19.2 Å². The minimum Gasteiger partial charge on any atom is -0.822 e. The molecule has 0 spiro atoms. The van der Waals surface area contributed by atoms with E-state index >= 15 is 0 Å². The average Bonchev–Trinajstić information content (AvgIpc) is 2.98. The average molecular weight is 940 g/mol. The molecule has 0 aliphatic heterocycles. The maximum Gasteiger partial charge on any atom is -0.159 e. The van der Waals surface area contributed by atoms with Crippen molar-refractivity contribution in [2.24, 2.45) is 0 Å². The van der Waals surface area contributed by atoms with E-state index in [4.69, 9.17) is 19.2 Å². The first-order valence-corrected chi connectivity index (χ1v) is 29.4. The normalized spacial score (nSPS) is 10.8. The van der Waals surface area contributed by atoms with Crippen LogP contribution in [-0.4, -0.2) is 0 Å². The third-order valence-electron chi connectivity index (χ3n) is 7.81. The van der Waals surface area contributed by atoms with Crippen molar-refractivity contribution in [2.45, 2.75) is 225 Å². The molecule has 0 amide bonds. The fourth-order valence-electron chi connectivity index (χ4n) is 4.99. The summed E-state index contributed by atoms with van der Waals surface area (Å²) in [7, 11) is -5.39. The van der Waals surface area contributed by atoms with Crippen LogP contribution in [0.4, 0.5) is 0 Å². The van der Waals surface area contributed by atoms with Gasteiger partial charge in [-0.25, -0.2) is 0 Å². The van der Waals surface area contributed by atoms with Crippen LogP contribution >= 0.6 is 7.82 Å². The summed E-state index contributed by atoms with van der Waals surface area (Å²) in [5.74, 6) is 0. The predicted octanol–water partition coefficient (Wildman–Crippen LogP) is 11.8. The summed E-state index contributed by atoms with van der Waals surface area (Å²) in [6.07, 6.45) is 44.3. The van der Waals surface area contributed by atoms with E-state index in [0.717, 1.165) is 0 Å². The molecule has 0 saturated heterocycles. The quantitative estimate of drug-likeness (QED) is 0.0408. The van der Waals surface area contributed by atoms with E-state index in [2.05, 4.69) is 20.8 Å². The summed E-state index contributed by atoms with van der Waals surface area (Å²) in [5, 5.41) is 0. The summed E-state index contributed by atoms with van der Waals surface area (Å²) in [6.45, 7) is 6.86. The second kappa shape index (κ2) is 52.7. The van der Waals surface area contributed by atoms with Gasteiger partial charge in [0, 0.05) is 0 Å². The summed E-state index contributed by atoms with van der Waals surface area (Å²) < 4.78 is 13.2. The van der Waals surface area contributed by atoms with Crippen molar-refractivity contribution in [1.29, 1.82) is 0 Å². The largest absolute Gasteiger partial charge is 0.822 e. The standard InChI is InChI=1S/3C12H25.3Cd.H3O4P/c3*1-3-5-7-9-11-12-10-8-6-4-2;;;;1-5(2,3)4/h3*1,3-12H2,2H3;;;;(H3,1,2,3,4)/q;;;3*+1;/p-3. The zero-order valence-electron chi connectivity index (χ0n) is 30.5. The van der Waals surface area contributed by atoms with Gasteiger partial charge in [-0.15, -0.1) is 0 Å². The Morgan fingerprint density at radius 1 is 0.318 bits per heavy atom. The Balaban J connectivity index is -0.000000253. The summed E-state index contributed by atoms with van der Waals surface area (Å²) in [5.41, 5.74) is 0. The zero-order chi connectivity index (χ0) is 33.8. The zero-order valence-corrected chi connectivity index (χ0v) is 43.5. The second-order valence-electron chi connectivity index (χ2n) is 12.6. The Kier molecular flexibility index (Phi) is 64.3. The molecular formula is C36H75Cd3O4P. The predicted molar refractivity (Wildman–Crippen MR) is 178 cm³/mol. The SMILES string of the molecule is CCCCCCCCCCC[CH2][Cd+].CCCCCCCCCCC[CH2][Cd+].CCCCCCCCCCC[CH2][Cd+].O=P([O-])([O-])[O-]. The van der Waals surface area contributed by atoms with Crippen LogP contribution in [0.2, 0.25) is 11.9 Å². The molecule has 0 radical (unpaired) electrons. The molecule has 0 aliphatic carbocycles. The van der Waals surface area contributed by atoms with E-state index in [1.54, 1.807) is 11.9 Å². The van der Waals surface area contributed by atoms with Crippen molar-refractivity contribution in [3.8, 4) is 0 Å². The van der Waals surface area contributed by atoms with Crippen LogP contribution in [0.25, 0.3) is 0 Å². The minimum absolute atomic E-state index is 1.21. The van der Waals surface area contributed by atoms with Gasteiger partial charge in [0.2, 0.25) is 0 Å². The molecule has 4 nitrogen and oxygen atoms in total. The molecule has 0 aromatic carbocycles. The van der Waals surface area contributed by atoms with E-state index in [9.17, 15) is 0 Å². The first kappa shape index (κ1) is 53.7. The minimum atomic E-state index is -5.39. The smallest absolute Gasteiger partial charge is 0.159 e. The molecule has 8 heteroatoms. The Morgan fingerprint density at radius 3 is 0.545 bits per heavy atom. The molecule has 254 valence electrons. The molecule has 0 aromatic heterocycles. The molecular weight excluding hydrogens is 865 g/mol. The van der Waals surface area contributed by atoms with Crippen LogP contribution < -0.4 is 14.7 Å². The van der Waals surface area contributed by atoms with Gasteiger partial charge in [0.05, 0.1) is 0 Å². The topological polar surface area (TPSA) is 86.2 Å². The van der Waals surface area contributed by atoms with E-state index in [1.807, 2.05) is 0 Å². The van der Waals surface area contributed by atoms with Crippen molar-refractivity contribution < 1.29 is 96.5 Å². The maximum absolute atomic E-state index is 8.55. The first-order valence-electron chi connectivity index (χ1n) is 19.4. The van der Waals surface area contributed by atoms with Gasteiger partial charge in [0.15, 0.2) is 0 Å². The Hall–Kier alpha value is 2.88. The summed E-state index contributed by atoms with van der Waals surface area (Å²) in [6, 6.07) is 0. The second-order valence-corrected chi connectivity index (χ2v) is 19.5. The van der Waals surface area contributed by atoms with Crippen molar-refractivity contribution in [3.63, 3.8) is 0 Å². The Labute approximate surface area is 326 Å². The number of hydrogen-bond acceptors (Lipinski definition) is 4. The maximum atomic E-state index is 8.55. The third kappa shape index (κ3) is 79.9. The van der Waals surface area contributed by atoms with Crippen LogP contribution in [0.15, 0.2) is 0 Å². The van der Waals surface area contributed by atoms with E-state index in [-0.39, 0.29) is 0 Å². The van der Waals surface area contributed by atoms with Gasteiger partial charge in [0.1, 0.15) is 0 Å². The van der Waals surface area contributed by atoms with Gasteiger partial charge in [0.25, 0.3) is 0 Å². The van der Waals surface area contributed by atoms with Crippen LogP contribution in [0.1, 0.15) is 213 Å². The molecule has 0 N–H and O–H groups in total. The van der Waals surface area contributed by atoms with E-state index in [1.165, 1.54) is 270 Å².